The summed E-state index contributed by atoms with van der Waals surface area (Å²) in [6.07, 6.45) is 4.20. The number of rotatable bonds is 5. The third-order valence-corrected chi connectivity index (χ3v) is 8.20. The van der Waals surface area contributed by atoms with E-state index in [4.69, 9.17) is 4.74 Å². The fourth-order valence-corrected chi connectivity index (χ4v) is 6.19. The maximum absolute atomic E-state index is 16.2. The van der Waals surface area contributed by atoms with Crippen LogP contribution in [-0.4, -0.2) is 76.5 Å². The molecule has 2 aromatic heterocycles. The van der Waals surface area contributed by atoms with Crippen molar-refractivity contribution in [2.24, 2.45) is 0 Å². The number of benzene rings is 2. The molecular formula is C27H28F3N7O. The number of likely N-dealkylation sites (N-methyl/N-ethyl adjacent to an activating group) is 1. The predicted molar refractivity (Wildman–Crippen MR) is 138 cm³/mol. The number of piperazine rings is 1. The van der Waals surface area contributed by atoms with Crippen LogP contribution in [0.25, 0.3) is 33.1 Å². The lowest BCUT2D eigenvalue weighted by atomic mass is 10.0. The van der Waals surface area contributed by atoms with Gasteiger partial charge in [-0.2, -0.15) is 15.1 Å². The van der Waals surface area contributed by atoms with E-state index >= 15 is 8.78 Å². The Balaban J connectivity index is 1.37. The minimum atomic E-state index is -0.873. The van der Waals surface area contributed by atoms with Crippen molar-refractivity contribution in [3.8, 4) is 17.3 Å². The number of hydrogen-bond acceptors (Lipinski definition) is 7. The second-order valence-electron chi connectivity index (χ2n) is 10.7. The number of nitrogens with one attached hydrogen (secondary N) is 2. The van der Waals surface area contributed by atoms with Gasteiger partial charge in [0.1, 0.15) is 35.3 Å². The molecule has 0 aliphatic carbocycles. The molecule has 8 nitrogen and oxygen atoms in total. The number of ether oxygens (including phenoxy) is 1. The highest BCUT2D eigenvalue weighted by molar-refractivity contribution is 5.98. The van der Waals surface area contributed by atoms with Gasteiger partial charge in [0.05, 0.1) is 11.1 Å². The number of aromatic amines is 1. The van der Waals surface area contributed by atoms with Crippen LogP contribution in [0, 0.1) is 17.5 Å². The normalized spacial score (nSPS) is 23.7. The Labute approximate surface area is 217 Å². The van der Waals surface area contributed by atoms with Crippen LogP contribution in [-0.2, 0) is 0 Å². The van der Waals surface area contributed by atoms with E-state index in [1.807, 2.05) is 0 Å². The summed E-state index contributed by atoms with van der Waals surface area (Å²) in [6.45, 7) is 2.74. The second-order valence-corrected chi connectivity index (χ2v) is 10.7. The van der Waals surface area contributed by atoms with Crippen LogP contribution in [0.1, 0.15) is 25.7 Å². The SMILES string of the molecule is CN1CCC[C@H]1COc1nc(N2CC3CCC(C2)N3)c2cc(F)c(-c3n[nH]c4ccc(F)cc34)c(F)c2n1. The Morgan fingerprint density at radius 3 is 2.61 bits per heavy atom. The standard InChI is InChI=1S/C27H28F3N7O/c1-36-8-2-3-17(36)13-38-27-32-25-19(26(33-27)37-11-15-5-6-16(12-37)31-15)10-20(29)22(23(25)30)24-18-9-14(28)4-7-21(18)34-35-24/h4,7,9-10,15-17,31H,2-3,5-6,8,11-13H2,1H3,(H,34,35)/t15?,16?,17-/m0/s1. The number of anilines is 1. The number of aromatic nitrogens is 4. The molecule has 0 saturated carbocycles. The molecular weight excluding hydrogens is 495 g/mol. The lowest BCUT2D eigenvalue weighted by Gasteiger charge is -2.34. The highest BCUT2D eigenvalue weighted by Crippen LogP contribution is 2.38. The van der Waals surface area contributed by atoms with E-state index in [0.29, 0.717) is 43.1 Å². The van der Waals surface area contributed by atoms with Crippen LogP contribution < -0.4 is 15.0 Å². The number of hydrogen-bond donors (Lipinski definition) is 2. The number of likely N-dealkylation sites (tertiary alicyclic amines) is 1. The van der Waals surface area contributed by atoms with Crippen molar-refractivity contribution in [1.82, 2.24) is 30.4 Å². The Kier molecular flexibility index (Phi) is 5.66. The smallest absolute Gasteiger partial charge is 0.319 e. The maximum atomic E-state index is 16.2. The molecule has 38 heavy (non-hydrogen) atoms. The summed E-state index contributed by atoms with van der Waals surface area (Å²) in [4.78, 5) is 13.4. The Bertz CT molecular complexity index is 1530. The molecule has 198 valence electrons. The highest BCUT2D eigenvalue weighted by atomic mass is 19.1. The highest BCUT2D eigenvalue weighted by Gasteiger charge is 2.35. The third-order valence-electron chi connectivity index (χ3n) is 8.20. The van der Waals surface area contributed by atoms with Crippen LogP contribution in [0.2, 0.25) is 0 Å². The van der Waals surface area contributed by atoms with Crippen molar-refractivity contribution in [2.75, 3.05) is 38.2 Å². The van der Waals surface area contributed by atoms with Gasteiger partial charge in [-0.3, -0.25) is 5.10 Å². The zero-order valence-corrected chi connectivity index (χ0v) is 21.0. The molecule has 2 N–H and O–H groups in total. The summed E-state index contributed by atoms with van der Waals surface area (Å²) in [5.41, 5.74) is 0.0666. The maximum Gasteiger partial charge on any atom is 0.319 e. The molecule has 3 aliphatic rings. The third kappa shape index (κ3) is 3.95. The topological polar surface area (TPSA) is 82.2 Å². The lowest BCUT2D eigenvalue weighted by Crippen LogP contribution is -2.51. The van der Waals surface area contributed by atoms with Crippen LogP contribution in [0.5, 0.6) is 6.01 Å². The molecule has 2 aromatic carbocycles. The summed E-state index contributed by atoms with van der Waals surface area (Å²) in [6, 6.07) is 6.13. The number of fused-ring (bicyclic) bond motifs is 4. The van der Waals surface area contributed by atoms with E-state index in [-0.39, 0.29) is 39.6 Å². The first-order valence-corrected chi connectivity index (χ1v) is 13.1. The van der Waals surface area contributed by atoms with Gasteiger partial charge in [-0.05, 0) is 63.5 Å². The fourth-order valence-electron chi connectivity index (χ4n) is 6.19. The number of H-pyrrole nitrogens is 1. The van der Waals surface area contributed by atoms with Crippen molar-refractivity contribution in [2.45, 2.75) is 43.8 Å². The van der Waals surface area contributed by atoms with Gasteiger partial charge >= 0.3 is 6.01 Å². The summed E-state index contributed by atoms with van der Waals surface area (Å²) in [5, 5.41) is 11.0. The van der Waals surface area contributed by atoms with E-state index in [1.54, 1.807) is 0 Å². The van der Waals surface area contributed by atoms with Crippen LogP contribution in [0.4, 0.5) is 19.0 Å². The monoisotopic (exact) mass is 523 g/mol. The largest absolute Gasteiger partial charge is 0.462 e. The molecule has 7 rings (SSSR count). The van der Waals surface area contributed by atoms with Crippen molar-refractivity contribution in [1.29, 1.82) is 0 Å². The first-order chi connectivity index (χ1) is 18.4. The summed E-state index contributed by atoms with van der Waals surface area (Å²) in [5.74, 6) is -1.74. The molecule has 2 unspecified atom stereocenters. The average Bonchev–Trinajstić information content (AvgIpc) is 3.60. The summed E-state index contributed by atoms with van der Waals surface area (Å²) < 4.78 is 52.0. The minimum absolute atomic E-state index is 0.00757. The zero-order valence-electron chi connectivity index (χ0n) is 21.0. The molecule has 11 heteroatoms. The molecule has 4 aromatic rings. The van der Waals surface area contributed by atoms with Crippen molar-refractivity contribution < 1.29 is 17.9 Å². The Morgan fingerprint density at radius 2 is 1.84 bits per heavy atom. The number of nitrogens with zero attached hydrogens (tertiary/aromatic N) is 5. The van der Waals surface area contributed by atoms with Crippen LogP contribution in [0.3, 0.4) is 0 Å². The van der Waals surface area contributed by atoms with E-state index < -0.39 is 17.5 Å². The molecule has 0 spiro atoms. The molecule has 0 radical (unpaired) electrons. The summed E-state index contributed by atoms with van der Waals surface area (Å²) in [7, 11) is 2.05. The van der Waals surface area contributed by atoms with E-state index in [0.717, 1.165) is 32.2 Å². The van der Waals surface area contributed by atoms with Crippen LogP contribution in [0.15, 0.2) is 24.3 Å². The molecule has 2 bridgehead atoms. The minimum Gasteiger partial charge on any atom is -0.462 e. The molecule has 3 fully saturated rings. The van der Waals surface area contributed by atoms with Crippen molar-refractivity contribution in [3.05, 3.63) is 41.7 Å². The Hall–Kier alpha value is -3.44. The average molecular weight is 524 g/mol. The molecule has 5 heterocycles. The predicted octanol–water partition coefficient (Wildman–Crippen LogP) is 4.00. The number of halogens is 3. The van der Waals surface area contributed by atoms with Crippen molar-refractivity contribution in [3.63, 3.8) is 0 Å². The van der Waals surface area contributed by atoms with Gasteiger partial charge in [-0.15, -0.1) is 0 Å². The van der Waals surface area contributed by atoms with Gasteiger partial charge in [-0.1, -0.05) is 0 Å². The van der Waals surface area contributed by atoms with E-state index in [1.165, 1.54) is 24.3 Å². The fraction of sp³-hybridized carbons (Fsp3) is 0.444. The first-order valence-electron chi connectivity index (χ1n) is 13.1. The molecule has 3 atom stereocenters. The second kappa shape index (κ2) is 9.09. The van der Waals surface area contributed by atoms with Gasteiger partial charge in [0.25, 0.3) is 0 Å². The van der Waals surface area contributed by atoms with Crippen molar-refractivity contribution >= 4 is 27.6 Å². The van der Waals surface area contributed by atoms with Gasteiger partial charge in [0, 0.05) is 42.0 Å². The van der Waals surface area contributed by atoms with E-state index in [2.05, 4.69) is 42.3 Å². The lowest BCUT2D eigenvalue weighted by molar-refractivity contribution is 0.188. The van der Waals surface area contributed by atoms with Gasteiger partial charge in [0.15, 0.2) is 5.82 Å². The Morgan fingerprint density at radius 1 is 1.03 bits per heavy atom. The molecule has 0 amide bonds. The quantitative estimate of drug-likeness (QED) is 0.409. The first kappa shape index (κ1) is 23.7. The van der Waals surface area contributed by atoms with Crippen LogP contribution >= 0.6 is 0 Å². The molecule has 3 aliphatic heterocycles. The molecule has 3 saturated heterocycles. The zero-order chi connectivity index (χ0) is 26.0. The van der Waals surface area contributed by atoms with Gasteiger partial charge < -0.3 is 19.9 Å². The summed E-state index contributed by atoms with van der Waals surface area (Å²) >= 11 is 0. The van der Waals surface area contributed by atoms with Gasteiger partial charge in [-0.25, -0.2) is 13.2 Å². The van der Waals surface area contributed by atoms with E-state index in [9.17, 15) is 4.39 Å². The van der Waals surface area contributed by atoms with Gasteiger partial charge in [0.2, 0.25) is 0 Å².